The highest BCUT2D eigenvalue weighted by Crippen LogP contribution is 2.54. The molecule has 0 amide bonds. The van der Waals surface area contributed by atoms with Crippen LogP contribution < -0.4 is 15.9 Å². The van der Waals surface area contributed by atoms with E-state index in [0.717, 1.165) is 5.30 Å². The Bertz CT molecular complexity index is 814. The van der Waals surface area contributed by atoms with Crippen LogP contribution in [-0.4, -0.2) is 0 Å². The molecule has 2 aromatic heterocycles. The minimum absolute atomic E-state index is 0.546. The molecule has 1 aliphatic heterocycles. The standard InChI is InChI=1S/C14H7Br2O3P/c15-11-6-9-13(18-11)14-10(7-12(16)19-14)20(9,17)8-4-2-1-3-5-8/h1-7H. The molecule has 0 spiro atoms. The van der Waals surface area contributed by atoms with E-state index >= 15 is 0 Å². The van der Waals surface area contributed by atoms with Gasteiger partial charge in [0.05, 0.1) is 10.6 Å². The van der Waals surface area contributed by atoms with Crippen LogP contribution in [0.4, 0.5) is 0 Å². The highest BCUT2D eigenvalue weighted by molar-refractivity contribution is 9.10. The fraction of sp³-hybridized carbons (Fsp3) is 0. The van der Waals surface area contributed by atoms with Crippen molar-refractivity contribution in [2.75, 3.05) is 0 Å². The van der Waals surface area contributed by atoms with Crippen molar-refractivity contribution < 1.29 is 13.4 Å². The Kier molecular flexibility index (Phi) is 2.69. The Balaban J connectivity index is 2.11. The van der Waals surface area contributed by atoms with Crippen LogP contribution in [-0.2, 0) is 4.57 Å². The van der Waals surface area contributed by atoms with E-state index in [1.54, 1.807) is 12.1 Å². The van der Waals surface area contributed by atoms with Crippen molar-refractivity contribution in [3.05, 3.63) is 51.8 Å². The van der Waals surface area contributed by atoms with E-state index in [-0.39, 0.29) is 0 Å². The van der Waals surface area contributed by atoms with Gasteiger partial charge in [0, 0.05) is 17.4 Å². The summed E-state index contributed by atoms with van der Waals surface area (Å²) in [5.74, 6) is 1.09. The van der Waals surface area contributed by atoms with Gasteiger partial charge in [-0.05, 0) is 31.9 Å². The molecular weight excluding hydrogens is 407 g/mol. The Hall–Kier alpha value is -1.03. The fourth-order valence-electron chi connectivity index (χ4n) is 2.54. The lowest BCUT2D eigenvalue weighted by molar-refractivity contribution is 0.503. The molecule has 0 radical (unpaired) electrons. The van der Waals surface area contributed by atoms with Gasteiger partial charge in [-0.15, -0.1) is 0 Å². The van der Waals surface area contributed by atoms with E-state index in [1.165, 1.54) is 0 Å². The summed E-state index contributed by atoms with van der Waals surface area (Å²) in [6, 6.07) is 13.0. The third-order valence-electron chi connectivity index (χ3n) is 3.37. The third-order valence-corrected chi connectivity index (χ3v) is 7.20. The van der Waals surface area contributed by atoms with Gasteiger partial charge < -0.3 is 13.4 Å². The van der Waals surface area contributed by atoms with Gasteiger partial charge in [0.1, 0.15) is 0 Å². The first-order valence-electron chi connectivity index (χ1n) is 5.86. The Morgan fingerprint density at radius 3 is 1.85 bits per heavy atom. The van der Waals surface area contributed by atoms with Crippen LogP contribution in [0.3, 0.4) is 0 Å². The summed E-state index contributed by atoms with van der Waals surface area (Å²) in [4.78, 5) is 0. The maximum Gasteiger partial charge on any atom is 0.183 e. The maximum atomic E-state index is 13.7. The predicted octanol–water partition coefficient (Wildman–Crippen LogP) is 4.02. The molecule has 0 fully saturated rings. The second kappa shape index (κ2) is 4.23. The van der Waals surface area contributed by atoms with Gasteiger partial charge in [-0.1, -0.05) is 30.3 Å². The highest BCUT2D eigenvalue weighted by atomic mass is 79.9. The summed E-state index contributed by atoms with van der Waals surface area (Å²) < 4.78 is 26.1. The lowest BCUT2D eigenvalue weighted by Crippen LogP contribution is -2.19. The first-order chi connectivity index (χ1) is 9.60. The lowest BCUT2D eigenvalue weighted by Gasteiger charge is -2.11. The van der Waals surface area contributed by atoms with Crippen LogP contribution in [0, 0.1) is 0 Å². The molecule has 1 aliphatic rings. The Morgan fingerprint density at radius 2 is 1.35 bits per heavy atom. The van der Waals surface area contributed by atoms with Crippen molar-refractivity contribution >= 4 is 54.9 Å². The minimum atomic E-state index is -2.91. The smallest absolute Gasteiger partial charge is 0.183 e. The second-order valence-electron chi connectivity index (χ2n) is 4.47. The lowest BCUT2D eigenvalue weighted by atomic mass is 10.3. The number of hydrogen-bond acceptors (Lipinski definition) is 3. The van der Waals surface area contributed by atoms with E-state index in [2.05, 4.69) is 31.9 Å². The largest absolute Gasteiger partial charge is 0.445 e. The molecular formula is C14H7Br2O3P. The maximum absolute atomic E-state index is 13.7. The molecule has 3 aromatic rings. The number of halogens is 2. The summed E-state index contributed by atoms with van der Waals surface area (Å²) >= 11 is 6.60. The predicted molar refractivity (Wildman–Crippen MR) is 84.8 cm³/mol. The number of fused-ring (bicyclic) bond motifs is 3. The molecule has 0 N–H and O–H groups in total. The molecule has 20 heavy (non-hydrogen) atoms. The van der Waals surface area contributed by atoms with Crippen molar-refractivity contribution in [1.29, 1.82) is 0 Å². The van der Waals surface area contributed by atoms with Crippen LogP contribution in [0.5, 0.6) is 0 Å². The van der Waals surface area contributed by atoms with Gasteiger partial charge in [0.25, 0.3) is 0 Å². The van der Waals surface area contributed by atoms with E-state index < -0.39 is 7.14 Å². The Labute approximate surface area is 131 Å². The van der Waals surface area contributed by atoms with Gasteiger partial charge in [-0.3, -0.25) is 0 Å². The van der Waals surface area contributed by atoms with E-state index in [4.69, 9.17) is 8.83 Å². The van der Waals surface area contributed by atoms with E-state index in [9.17, 15) is 4.57 Å². The average Bonchev–Trinajstić information content (AvgIpc) is 3.06. The van der Waals surface area contributed by atoms with E-state index in [0.29, 0.717) is 31.5 Å². The third kappa shape index (κ3) is 1.54. The SMILES string of the molecule is O=P1(c2ccccc2)c2cc(Br)oc2-c2oc(Br)cc21. The summed E-state index contributed by atoms with van der Waals surface area (Å²) in [5.41, 5.74) is 0. The summed E-state index contributed by atoms with van der Waals surface area (Å²) in [6.07, 6.45) is 0. The fourth-order valence-corrected chi connectivity index (χ4v) is 6.55. The molecule has 3 nitrogen and oxygen atoms in total. The van der Waals surface area contributed by atoms with Crippen LogP contribution in [0.15, 0.2) is 60.6 Å². The molecule has 0 unspecified atom stereocenters. The van der Waals surface area contributed by atoms with Gasteiger partial charge in [0.2, 0.25) is 0 Å². The van der Waals surface area contributed by atoms with E-state index in [1.807, 2.05) is 30.3 Å². The van der Waals surface area contributed by atoms with Gasteiger partial charge in [-0.2, -0.15) is 0 Å². The second-order valence-corrected chi connectivity index (χ2v) is 8.74. The zero-order valence-electron chi connectivity index (χ0n) is 9.97. The molecule has 0 saturated carbocycles. The zero-order valence-corrected chi connectivity index (χ0v) is 14.0. The van der Waals surface area contributed by atoms with Crippen LogP contribution in [0.1, 0.15) is 0 Å². The Morgan fingerprint density at radius 1 is 0.850 bits per heavy atom. The number of furan rings is 2. The van der Waals surface area contributed by atoms with Crippen LogP contribution in [0.25, 0.3) is 11.5 Å². The summed E-state index contributed by atoms with van der Waals surface area (Å²) in [6.45, 7) is 0. The highest BCUT2D eigenvalue weighted by Gasteiger charge is 2.46. The molecule has 0 aliphatic carbocycles. The topological polar surface area (TPSA) is 43.4 Å². The zero-order chi connectivity index (χ0) is 13.9. The van der Waals surface area contributed by atoms with Crippen molar-refractivity contribution in [2.45, 2.75) is 0 Å². The summed E-state index contributed by atoms with van der Waals surface area (Å²) in [7, 11) is -2.91. The molecule has 4 rings (SSSR count). The first kappa shape index (κ1) is 12.7. The summed E-state index contributed by atoms with van der Waals surface area (Å²) in [5, 5.41) is 2.16. The molecule has 1 aromatic carbocycles. The van der Waals surface area contributed by atoms with Crippen molar-refractivity contribution in [3.8, 4) is 11.5 Å². The average molecular weight is 414 g/mol. The number of rotatable bonds is 1. The van der Waals surface area contributed by atoms with Gasteiger partial charge in [-0.25, -0.2) is 0 Å². The normalized spacial score (nSPS) is 15.1. The molecule has 0 atom stereocenters. The number of hydrogen-bond donors (Lipinski definition) is 0. The van der Waals surface area contributed by atoms with Gasteiger partial charge in [0.15, 0.2) is 28.0 Å². The minimum Gasteiger partial charge on any atom is -0.445 e. The van der Waals surface area contributed by atoms with Crippen molar-refractivity contribution in [2.24, 2.45) is 0 Å². The first-order valence-corrected chi connectivity index (χ1v) is 9.16. The molecule has 6 heteroatoms. The molecule has 0 saturated heterocycles. The quantitative estimate of drug-likeness (QED) is 0.443. The van der Waals surface area contributed by atoms with Crippen LogP contribution >= 0.6 is 39.0 Å². The molecule has 100 valence electrons. The van der Waals surface area contributed by atoms with Crippen molar-refractivity contribution in [3.63, 3.8) is 0 Å². The van der Waals surface area contributed by atoms with Crippen molar-refractivity contribution in [1.82, 2.24) is 0 Å². The molecule has 0 bridgehead atoms. The van der Waals surface area contributed by atoms with Crippen LogP contribution in [0.2, 0.25) is 0 Å². The molecule has 3 heterocycles. The number of benzene rings is 1. The van der Waals surface area contributed by atoms with Gasteiger partial charge >= 0.3 is 0 Å². The monoisotopic (exact) mass is 412 g/mol.